The summed E-state index contributed by atoms with van der Waals surface area (Å²) in [5.74, 6) is 0.264. The molecule has 0 bridgehead atoms. The Morgan fingerprint density at radius 1 is 1.47 bits per heavy atom. The molecule has 0 saturated carbocycles. The summed E-state index contributed by atoms with van der Waals surface area (Å²) in [4.78, 5) is 11.2. The third kappa shape index (κ3) is 2.35. The Kier molecular flexibility index (Phi) is 3.46. The number of benzene rings is 1. The fourth-order valence-electron chi connectivity index (χ4n) is 1.31. The zero-order chi connectivity index (χ0) is 11.4. The number of Topliss-reactive ketones (excluding diaryl/α,β-unsaturated/α-hetero) is 1. The highest BCUT2D eigenvalue weighted by Crippen LogP contribution is 2.24. The second kappa shape index (κ2) is 4.61. The summed E-state index contributed by atoms with van der Waals surface area (Å²) < 4.78 is 5.09. The van der Waals surface area contributed by atoms with Crippen LogP contribution in [0.4, 0.5) is 0 Å². The average Bonchev–Trinajstić information content (AvgIpc) is 2.27. The quantitative estimate of drug-likeness (QED) is 0.560. The fraction of sp³-hybridized carbons (Fsp3) is 0.333. The van der Waals surface area contributed by atoms with E-state index in [2.05, 4.69) is 13.8 Å². The van der Waals surface area contributed by atoms with E-state index in [0.717, 1.165) is 5.56 Å². The zero-order valence-electron chi connectivity index (χ0n) is 9.07. The van der Waals surface area contributed by atoms with Gasteiger partial charge in [0.25, 0.3) is 5.78 Å². The van der Waals surface area contributed by atoms with Crippen LogP contribution in [0.2, 0.25) is 0 Å². The standard InChI is InChI=1S/C12H13NO2/c1-8(2)9-4-5-10(11(14)7-13)12(6-9)15-3/h4-6,8H,1-3H3. The van der Waals surface area contributed by atoms with Crippen molar-refractivity contribution in [2.24, 2.45) is 0 Å². The number of ketones is 1. The molecule has 0 saturated heterocycles. The minimum absolute atomic E-state index is 0.324. The number of hydrogen-bond acceptors (Lipinski definition) is 3. The van der Waals surface area contributed by atoms with Gasteiger partial charge in [-0.25, -0.2) is 0 Å². The van der Waals surface area contributed by atoms with Gasteiger partial charge in [0.05, 0.1) is 12.7 Å². The van der Waals surface area contributed by atoms with E-state index in [0.29, 0.717) is 17.2 Å². The van der Waals surface area contributed by atoms with Crippen molar-refractivity contribution in [1.29, 1.82) is 5.26 Å². The number of hydrogen-bond donors (Lipinski definition) is 0. The second-order valence-corrected chi connectivity index (χ2v) is 3.56. The number of nitriles is 1. The molecule has 0 aliphatic heterocycles. The molecule has 3 nitrogen and oxygen atoms in total. The molecule has 1 aromatic rings. The summed E-state index contributed by atoms with van der Waals surface area (Å²) in [5.41, 5.74) is 1.41. The average molecular weight is 203 g/mol. The Labute approximate surface area is 89.3 Å². The van der Waals surface area contributed by atoms with Crippen LogP contribution in [0.5, 0.6) is 5.75 Å². The molecule has 0 N–H and O–H groups in total. The fourth-order valence-corrected chi connectivity index (χ4v) is 1.31. The number of methoxy groups -OCH3 is 1. The van der Waals surface area contributed by atoms with E-state index in [1.807, 2.05) is 6.07 Å². The Morgan fingerprint density at radius 2 is 2.13 bits per heavy atom. The summed E-state index contributed by atoms with van der Waals surface area (Å²) >= 11 is 0. The summed E-state index contributed by atoms with van der Waals surface area (Å²) in [5, 5.41) is 8.53. The maximum Gasteiger partial charge on any atom is 0.265 e. The molecule has 0 spiro atoms. The molecule has 15 heavy (non-hydrogen) atoms. The van der Waals surface area contributed by atoms with Crippen molar-refractivity contribution in [3.8, 4) is 11.8 Å². The molecule has 0 radical (unpaired) electrons. The lowest BCUT2D eigenvalue weighted by molar-refractivity contribution is 0.105. The molecule has 0 fully saturated rings. The number of rotatable bonds is 3. The van der Waals surface area contributed by atoms with E-state index >= 15 is 0 Å². The van der Waals surface area contributed by atoms with Crippen LogP contribution in [0.3, 0.4) is 0 Å². The van der Waals surface area contributed by atoms with Gasteiger partial charge in [-0.3, -0.25) is 4.79 Å². The summed E-state index contributed by atoms with van der Waals surface area (Å²) in [6.45, 7) is 4.11. The number of nitrogens with zero attached hydrogens (tertiary/aromatic N) is 1. The molecule has 0 amide bonds. The molecule has 0 aliphatic rings. The van der Waals surface area contributed by atoms with Gasteiger partial charge in [0.15, 0.2) is 0 Å². The highest BCUT2D eigenvalue weighted by atomic mass is 16.5. The van der Waals surface area contributed by atoms with Gasteiger partial charge in [-0.2, -0.15) is 5.26 Å². The molecular formula is C12H13NO2. The first kappa shape index (κ1) is 11.3. The molecule has 1 aromatic carbocycles. The van der Waals surface area contributed by atoms with E-state index in [1.54, 1.807) is 18.2 Å². The number of ether oxygens (including phenoxy) is 1. The monoisotopic (exact) mass is 203 g/mol. The number of carbonyl (C=O) groups excluding carboxylic acids is 1. The maximum absolute atomic E-state index is 11.2. The molecular weight excluding hydrogens is 190 g/mol. The Morgan fingerprint density at radius 3 is 2.60 bits per heavy atom. The molecule has 0 aliphatic carbocycles. The predicted octanol–water partition coefficient (Wildman–Crippen LogP) is 2.52. The van der Waals surface area contributed by atoms with E-state index in [9.17, 15) is 4.79 Å². The van der Waals surface area contributed by atoms with Gasteiger partial charge in [-0.05, 0) is 23.6 Å². The van der Waals surface area contributed by atoms with Gasteiger partial charge in [-0.15, -0.1) is 0 Å². The lowest BCUT2D eigenvalue weighted by atomic mass is 10.00. The van der Waals surface area contributed by atoms with E-state index in [1.165, 1.54) is 7.11 Å². The molecule has 78 valence electrons. The van der Waals surface area contributed by atoms with Crippen molar-refractivity contribution >= 4 is 5.78 Å². The van der Waals surface area contributed by atoms with Crippen LogP contribution in [-0.4, -0.2) is 12.9 Å². The first-order valence-electron chi connectivity index (χ1n) is 4.72. The summed E-state index contributed by atoms with van der Waals surface area (Å²) in [6.07, 6.45) is 0. The normalized spacial score (nSPS) is 9.80. The Hall–Kier alpha value is -1.82. The molecule has 0 aromatic heterocycles. The van der Waals surface area contributed by atoms with E-state index in [-0.39, 0.29) is 0 Å². The minimum Gasteiger partial charge on any atom is -0.496 e. The number of carbonyl (C=O) groups is 1. The van der Waals surface area contributed by atoms with Crippen LogP contribution in [-0.2, 0) is 0 Å². The van der Waals surface area contributed by atoms with Gasteiger partial charge < -0.3 is 4.74 Å². The summed E-state index contributed by atoms with van der Waals surface area (Å²) in [7, 11) is 1.49. The van der Waals surface area contributed by atoms with Gasteiger partial charge in [0.2, 0.25) is 0 Å². The van der Waals surface area contributed by atoms with Gasteiger partial charge in [0.1, 0.15) is 11.8 Å². The third-order valence-electron chi connectivity index (χ3n) is 2.24. The second-order valence-electron chi connectivity index (χ2n) is 3.56. The first-order chi connectivity index (χ1) is 7.10. The Bertz CT molecular complexity index is 416. The van der Waals surface area contributed by atoms with Crippen molar-refractivity contribution in [2.75, 3.05) is 7.11 Å². The van der Waals surface area contributed by atoms with Crippen LogP contribution in [0.25, 0.3) is 0 Å². The van der Waals surface area contributed by atoms with Gasteiger partial charge in [-0.1, -0.05) is 19.9 Å². The van der Waals surface area contributed by atoms with E-state index in [4.69, 9.17) is 10.00 Å². The lowest BCUT2D eigenvalue weighted by Crippen LogP contribution is -2.00. The van der Waals surface area contributed by atoms with Crippen LogP contribution in [0, 0.1) is 11.3 Å². The maximum atomic E-state index is 11.2. The molecule has 1 rings (SSSR count). The van der Waals surface area contributed by atoms with Gasteiger partial charge >= 0.3 is 0 Å². The topological polar surface area (TPSA) is 50.1 Å². The molecule has 0 heterocycles. The zero-order valence-corrected chi connectivity index (χ0v) is 9.07. The van der Waals surface area contributed by atoms with Crippen LogP contribution in [0.1, 0.15) is 35.7 Å². The van der Waals surface area contributed by atoms with Crippen molar-refractivity contribution in [3.63, 3.8) is 0 Å². The Balaban J connectivity index is 3.22. The van der Waals surface area contributed by atoms with Crippen LogP contribution >= 0.6 is 0 Å². The van der Waals surface area contributed by atoms with Crippen molar-refractivity contribution < 1.29 is 9.53 Å². The highest BCUT2D eigenvalue weighted by Gasteiger charge is 2.12. The first-order valence-corrected chi connectivity index (χ1v) is 4.72. The van der Waals surface area contributed by atoms with Crippen molar-refractivity contribution in [2.45, 2.75) is 19.8 Å². The van der Waals surface area contributed by atoms with Crippen molar-refractivity contribution in [3.05, 3.63) is 29.3 Å². The predicted molar refractivity (Wildman–Crippen MR) is 57.0 cm³/mol. The largest absolute Gasteiger partial charge is 0.496 e. The highest BCUT2D eigenvalue weighted by molar-refractivity contribution is 6.09. The van der Waals surface area contributed by atoms with Crippen LogP contribution in [0.15, 0.2) is 18.2 Å². The van der Waals surface area contributed by atoms with Crippen molar-refractivity contribution in [1.82, 2.24) is 0 Å². The minimum atomic E-state index is -0.567. The van der Waals surface area contributed by atoms with E-state index < -0.39 is 5.78 Å². The molecule has 3 heteroatoms. The molecule has 0 unspecified atom stereocenters. The smallest absolute Gasteiger partial charge is 0.265 e. The lowest BCUT2D eigenvalue weighted by Gasteiger charge is -2.09. The van der Waals surface area contributed by atoms with Crippen LogP contribution < -0.4 is 4.74 Å². The SMILES string of the molecule is COc1cc(C(C)C)ccc1C(=O)C#N. The summed E-state index contributed by atoms with van der Waals surface area (Å²) in [6, 6.07) is 6.87. The van der Waals surface area contributed by atoms with Gasteiger partial charge in [0, 0.05) is 0 Å². The molecule has 0 atom stereocenters. The third-order valence-corrected chi connectivity index (χ3v) is 2.24.